The summed E-state index contributed by atoms with van der Waals surface area (Å²) in [6.07, 6.45) is 8.18. The molecule has 1 aromatic rings. The maximum absolute atomic E-state index is 5.67. The smallest absolute Gasteiger partial charge is 0.159 e. The van der Waals surface area contributed by atoms with Crippen LogP contribution in [-0.2, 0) is 11.3 Å². The van der Waals surface area contributed by atoms with Gasteiger partial charge in [0.05, 0.1) is 4.47 Å². The molecule has 1 fully saturated rings. The van der Waals surface area contributed by atoms with E-state index in [1.54, 1.807) is 0 Å². The van der Waals surface area contributed by atoms with Crippen molar-refractivity contribution in [3.8, 4) is 0 Å². The van der Waals surface area contributed by atoms with Crippen LogP contribution in [0, 0.1) is 5.92 Å². The Labute approximate surface area is 111 Å². The average molecular weight is 302 g/mol. The molecule has 0 aliphatic carbocycles. The van der Waals surface area contributed by atoms with E-state index >= 15 is 0 Å². The molecular formula is C12H20BrN3O. The number of hydrogen-bond donors (Lipinski definition) is 1. The van der Waals surface area contributed by atoms with Crippen molar-refractivity contribution in [3.05, 3.63) is 10.7 Å². The molecule has 0 atom stereocenters. The number of nitrogens with two attached hydrogens (primary N) is 1. The molecule has 4 nitrogen and oxygen atoms in total. The van der Waals surface area contributed by atoms with Crippen molar-refractivity contribution in [2.45, 2.75) is 38.6 Å². The molecule has 5 heteroatoms. The Morgan fingerprint density at radius 1 is 1.41 bits per heavy atom. The van der Waals surface area contributed by atoms with Gasteiger partial charge < -0.3 is 10.5 Å². The number of aromatic nitrogens is 2. The summed E-state index contributed by atoms with van der Waals surface area (Å²) in [7, 11) is 0. The van der Waals surface area contributed by atoms with Gasteiger partial charge in [0.15, 0.2) is 5.82 Å². The Balaban J connectivity index is 1.62. The number of ether oxygens (including phenoxy) is 1. The number of unbranched alkanes of at least 4 members (excludes halogenated alkanes) is 1. The van der Waals surface area contributed by atoms with E-state index in [-0.39, 0.29) is 0 Å². The molecule has 2 N–H and O–H groups in total. The quantitative estimate of drug-likeness (QED) is 0.851. The van der Waals surface area contributed by atoms with Gasteiger partial charge in [-0.1, -0.05) is 12.8 Å². The first-order chi connectivity index (χ1) is 8.25. The predicted molar refractivity (Wildman–Crippen MR) is 71.7 cm³/mol. The normalized spacial score (nSPS) is 17.5. The number of halogens is 1. The molecule has 1 aliphatic heterocycles. The molecule has 0 amide bonds. The minimum atomic E-state index is 0.578. The number of hydrogen-bond acceptors (Lipinski definition) is 3. The molecule has 2 heterocycles. The van der Waals surface area contributed by atoms with Gasteiger partial charge in [0.25, 0.3) is 0 Å². The molecule has 0 saturated carbocycles. The summed E-state index contributed by atoms with van der Waals surface area (Å²) < 4.78 is 8.17. The zero-order valence-corrected chi connectivity index (χ0v) is 11.7. The van der Waals surface area contributed by atoms with Crippen molar-refractivity contribution in [2.75, 3.05) is 18.9 Å². The van der Waals surface area contributed by atoms with Gasteiger partial charge in [0, 0.05) is 26.0 Å². The second-order valence-electron chi connectivity index (χ2n) is 4.68. The maximum Gasteiger partial charge on any atom is 0.159 e. The molecule has 0 bridgehead atoms. The third-order valence-electron chi connectivity index (χ3n) is 3.33. The number of rotatable bonds is 5. The number of anilines is 1. The summed E-state index contributed by atoms with van der Waals surface area (Å²) in [5.74, 6) is 1.45. The Hall–Kier alpha value is -0.550. The van der Waals surface area contributed by atoms with Crippen LogP contribution in [0.15, 0.2) is 10.7 Å². The lowest BCUT2D eigenvalue weighted by Crippen LogP contribution is -2.15. The van der Waals surface area contributed by atoms with Gasteiger partial charge in [-0.3, -0.25) is 4.68 Å². The highest BCUT2D eigenvalue weighted by Crippen LogP contribution is 2.21. The molecule has 1 aliphatic rings. The summed E-state index contributed by atoms with van der Waals surface area (Å²) in [5.41, 5.74) is 5.67. The Morgan fingerprint density at radius 3 is 2.82 bits per heavy atom. The molecule has 96 valence electrons. The summed E-state index contributed by atoms with van der Waals surface area (Å²) in [4.78, 5) is 0. The van der Waals surface area contributed by atoms with Crippen molar-refractivity contribution < 1.29 is 4.74 Å². The van der Waals surface area contributed by atoms with Gasteiger partial charge in [-0.15, -0.1) is 0 Å². The number of nitrogen functional groups attached to an aromatic ring is 1. The van der Waals surface area contributed by atoms with Gasteiger partial charge in [-0.2, -0.15) is 5.10 Å². The van der Waals surface area contributed by atoms with E-state index in [1.807, 2.05) is 10.9 Å². The lowest BCUT2D eigenvalue weighted by atomic mass is 9.94. The van der Waals surface area contributed by atoms with Crippen LogP contribution in [-0.4, -0.2) is 23.0 Å². The average Bonchev–Trinajstić information content (AvgIpc) is 2.66. The minimum Gasteiger partial charge on any atom is -0.381 e. The van der Waals surface area contributed by atoms with E-state index < -0.39 is 0 Å². The standard InChI is InChI=1S/C12H20BrN3O/c13-11-9-16(15-12(11)14)6-2-1-3-10-4-7-17-8-5-10/h9-10H,1-8H2,(H2,14,15). The van der Waals surface area contributed by atoms with Gasteiger partial charge in [-0.25, -0.2) is 0 Å². The van der Waals surface area contributed by atoms with Crippen LogP contribution >= 0.6 is 15.9 Å². The molecule has 0 spiro atoms. The Kier molecular flexibility index (Phi) is 4.86. The maximum atomic E-state index is 5.67. The van der Waals surface area contributed by atoms with E-state index in [4.69, 9.17) is 10.5 Å². The fourth-order valence-corrected chi connectivity index (χ4v) is 2.58. The van der Waals surface area contributed by atoms with Gasteiger partial charge in [-0.05, 0) is 41.1 Å². The van der Waals surface area contributed by atoms with E-state index in [0.717, 1.165) is 30.1 Å². The highest BCUT2D eigenvalue weighted by atomic mass is 79.9. The Bertz CT molecular complexity index is 328. The fraction of sp³-hybridized carbons (Fsp3) is 0.750. The van der Waals surface area contributed by atoms with Crippen molar-refractivity contribution >= 4 is 21.7 Å². The zero-order chi connectivity index (χ0) is 12.1. The molecule has 2 rings (SSSR count). The summed E-state index contributed by atoms with van der Waals surface area (Å²) in [5, 5.41) is 4.22. The third kappa shape index (κ3) is 4.00. The van der Waals surface area contributed by atoms with Crippen LogP contribution in [0.3, 0.4) is 0 Å². The predicted octanol–water partition coefficient (Wildman–Crippen LogP) is 2.82. The Morgan fingerprint density at radius 2 is 2.18 bits per heavy atom. The molecule has 1 saturated heterocycles. The van der Waals surface area contributed by atoms with Crippen LogP contribution in [0.2, 0.25) is 0 Å². The highest BCUT2D eigenvalue weighted by Gasteiger charge is 2.12. The first kappa shape index (κ1) is 12.9. The van der Waals surface area contributed by atoms with Crippen LogP contribution < -0.4 is 5.73 Å². The summed E-state index contributed by atoms with van der Waals surface area (Å²) >= 11 is 3.37. The van der Waals surface area contributed by atoms with Gasteiger partial charge in [0.1, 0.15) is 0 Å². The third-order valence-corrected chi connectivity index (χ3v) is 3.94. The van der Waals surface area contributed by atoms with Crippen molar-refractivity contribution in [3.63, 3.8) is 0 Å². The molecule has 0 unspecified atom stereocenters. The van der Waals surface area contributed by atoms with Crippen LogP contribution in [0.1, 0.15) is 32.1 Å². The molecule has 1 aromatic heterocycles. The first-order valence-electron chi connectivity index (χ1n) is 6.32. The lowest BCUT2D eigenvalue weighted by Gasteiger charge is -2.21. The first-order valence-corrected chi connectivity index (χ1v) is 7.11. The second kappa shape index (κ2) is 6.40. The van der Waals surface area contributed by atoms with Crippen molar-refractivity contribution in [1.29, 1.82) is 0 Å². The molecule has 0 radical (unpaired) electrons. The van der Waals surface area contributed by atoms with E-state index in [1.165, 1.54) is 32.1 Å². The van der Waals surface area contributed by atoms with Gasteiger partial charge in [0.2, 0.25) is 0 Å². The van der Waals surface area contributed by atoms with Crippen molar-refractivity contribution in [1.82, 2.24) is 9.78 Å². The van der Waals surface area contributed by atoms with E-state index in [2.05, 4.69) is 21.0 Å². The monoisotopic (exact) mass is 301 g/mol. The van der Waals surface area contributed by atoms with E-state index in [0.29, 0.717) is 5.82 Å². The SMILES string of the molecule is Nc1nn(CCCCC2CCOCC2)cc1Br. The van der Waals surface area contributed by atoms with Crippen LogP contribution in [0.5, 0.6) is 0 Å². The fourth-order valence-electron chi connectivity index (χ4n) is 2.27. The van der Waals surface area contributed by atoms with Crippen molar-refractivity contribution in [2.24, 2.45) is 5.92 Å². The number of nitrogens with zero attached hydrogens (tertiary/aromatic N) is 2. The second-order valence-corrected chi connectivity index (χ2v) is 5.53. The number of aryl methyl sites for hydroxylation is 1. The molecule has 0 aromatic carbocycles. The van der Waals surface area contributed by atoms with Crippen LogP contribution in [0.25, 0.3) is 0 Å². The van der Waals surface area contributed by atoms with Crippen LogP contribution in [0.4, 0.5) is 5.82 Å². The topological polar surface area (TPSA) is 53.1 Å². The summed E-state index contributed by atoms with van der Waals surface area (Å²) in [6.45, 7) is 2.86. The molecule has 17 heavy (non-hydrogen) atoms. The minimum absolute atomic E-state index is 0.578. The highest BCUT2D eigenvalue weighted by molar-refractivity contribution is 9.10. The largest absolute Gasteiger partial charge is 0.381 e. The zero-order valence-electron chi connectivity index (χ0n) is 10.1. The lowest BCUT2D eigenvalue weighted by molar-refractivity contribution is 0.0630. The molecular weight excluding hydrogens is 282 g/mol. The van der Waals surface area contributed by atoms with E-state index in [9.17, 15) is 0 Å². The summed E-state index contributed by atoms with van der Waals surface area (Å²) in [6, 6.07) is 0. The van der Waals surface area contributed by atoms with Gasteiger partial charge >= 0.3 is 0 Å².